The summed E-state index contributed by atoms with van der Waals surface area (Å²) in [4.78, 5) is 26.7. The van der Waals surface area contributed by atoms with Crippen molar-refractivity contribution in [3.8, 4) is 0 Å². The monoisotopic (exact) mass is 331 g/mol. The van der Waals surface area contributed by atoms with Crippen LogP contribution in [-0.4, -0.2) is 23.3 Å². The average Bonchev–Trinajstić information content (AvgIpc) is 2.85. The molecule has 1 aromatic carbocycles. The summed E-state index contributed by atoms with van der Waals surface area (Å²) >= 11 is 0. The molecule has 0 spiro atoms. The number of halogens is 1. The topological polar surface area (TPSA) is 74.0 Å². The molecule has 0 atom stereocenters. The van der Waals surface area contributed by atoms with E-state index in [-0.39, 0.29) is 24.2 Å². The van der Waals surface area contributed by atoms with Gasteiger partial charge in [-0.15, -0.1) is 0 Å². The summed E-state index contributed by atoms with van der Waals surface area (Å²) < 4.78 is 14.0. The molecule has 6 heteroatoms. The summed E-state index contributed by atoms with van der Waals surface area (Å²) in [6.45, 7) is 7.12. The second-order valence-corrected chi connectivity index (χ2v) is 6.43. The van der Waals surface area contributed by atoms with Crippen molar-refractivity contribution >= 4 is 17.5 Å². The number of hydrogen-bond acceptors (Lipinski definition) is 2. The summed E-state index contributed by atoms with van der Waals surface area (Å²) in [5.74, 6) is -0.870. The number of aromatic nitrogens is 1. The van der Waals surface area contributed by atoms with Gasteiger partial charge in [-0.2, -0.15) is 0 Å². The second-order valence-electron chi connectivity index (χ2n) is 6.43. The number of aromatic amines is 1. The van der Waals surface area contributed by atoms with Gasteiger partial charge in [-0.1, -0.05) is 32.0 Å². The Labute approximate surface area is 140 Å². The minimum Gasteiger partial charge on any atom is -0.363 e. The van der Waals surface area contributed by atoms with E-state index in [1.54, 1.807) is 31.3 Å². The molecule has 0 aliphatic carbocycles. The highest BCUT2D eigenvalue weighted by molar-refractivity contribution is 6.04. The maximum atomic E-state index is 14.0. The zero-order valence-corrected chi connectivity index (χ0v) is 14.3. The summed E-state index contributed by atoms with van der Waals surface area (Å²) in [7, 11) is 0. The van der Waals surface area contributed by atoms with E-state index in [4.69, 9.17) is 0 Å². The van der Waals surface area contributed by atoms with Crippen molar-refractivity contribution in [2.24, 2.45) is 0 Å². The molecule has 0 saturated heterocycles. The Hall–Kier alpha value is -2.63. The molecule has 0 fully saturated rings. The maximum absolute atomic E-state index is 14.0. The Morgan fingerprint density at radius 2 is 1.92 bits per heavy atom. The summed E-state index contributed by atoms with van der Waals surface area (Å²) in [5.41, 5.74) is 1.44. The number of carbonyl (C=O) groups is 2. The van der Waals surface area contributed by atoms with Crippen LogP contribution in [0.3, 0.4) is 0 Å². The van der Waals surface area contributed by atoms with E-state index in [9.17, 15) is 14.0 Å². The molecule has 2 rings (SSSR count). The van der Waals surface area contributed by atoms with Crippen molar-refractivity contribution < 1.29 is 14.0 Å². The third-order valence-corrected chi connectivity index (χ3v) is 3.91. The molecule has 5 nitrogen and oxygen atoms in total. The van der Waals surface area contributed by atoms with Gasteiger partial charge in [0.05, 0.1) is 11.3 Å². The fourth-order valence-electron chi connectivity index (χ4n) is 2.60. The Kier molecular flexibility index (Phi) is 5.07. The number of amides is 2. The van der Waals surface area contributed by atoms with Gasteiger partial charge in [0.2, 0.25) is 5.91 Å². The predicted molar refractivity (Wildman–Crippen MR) is 91.6 cm³/mol. The van der Waals surface area contributed by atoms with Crippen molar-refractivity contribution in [1.82, 2.24) is 10.3 Å². The first kappa shape index (κ1) is 17.7. The molecule has 3 N–H and O–H groups in total. The molecule has 0 aliphatic rings. The molecular formula is C18H22FN3O2. The highest BCUT2D eigenvalue weighted by Gasteiger charge is 2.26. The fraction of sp³-hybridized carbons (Fsp3) is 0.333. The number of nitrogens with one attached hydrogen (secondary N) is 3. The third-order valence-electron chi connectivity index (χ3n) is 3.91. The number of H-pyrrole nitrogens is 1. The number of benzene rings is 1. The standard InChI is InChI=1S/C18H22FN3O2/c1-11-16(15(9-20-11)22-12(2)23)17(24)21-10-18(3,4)13-7-5-6-8-14(13)19/h5-9,20H,10H2,1-4H3,(H,21,24)(H,22,23). The molecule has 0 unspecified atom stereocenters. The summed E-state index contributed by atoms with van der Waals surface area (Å²) in [6.07, 6.45) is 1.58. The average molecular weight is 331 g/mol. The Morgan fingerprint density at radius 3 is 2.54 bits per heavy atom. The van der Waals surface area contributed by atoms with E-state index in [1.165, 1.54) is 13.0 Å². The molecule has 1 heterocycles. The van der Waals surface area contributed by atoms with Crippen LogP contribution in [0.25, 0.3) is 0 Å². The number of aryl methyl sites for hydroxylation is 1. The molecule has 128 valence electrons. The lowest BCUT2D eigenvalue weighted by molar-refractivity contribution is -0.114. The van der Waals surface area contributed by atoms with Gasteiger partial charge in [-0.3, -0.25) is 9.59 Å². The van der Waals surface area contributed by atoms with E-state index >= 15 is 0 Å². The van der Waals surface area contributed by atoms with Crippen LogP contribution >= 0.6 is 0 Å². The lowest BCUT2D eigenvalue weighted by Gasteiger charge is -2.26. The minimum absolute atomic E-state index is 0.255. The van der Waals surface area contributed by atoms with E-state index in [2.05, 4.69) is 15.6 Å². The SMILES string of the molecule is CC(=O)Nc1c[nH]c(C)c1C(=O)NCC(C)(C)c1ccccc1F. The zero-order chi connectivity index (χ0) is 17.9. The van der Waals surface area contributed by atoms with Gasteiger partial charge in [0, 0.05) is 30.8 Å². The minimum atomic E-state index is -0.570. The van der Waals surface area contributed by atoms with Gasteiger partial charge in [-0.25, -0.2) is 4.39 Å². The second kappa shape index (κ2) is 6.86. The first-order valence-corrected chi connectivity index (χ1v) is 7.71. The van der Waals surface area contributed by atoms with Gasteiger partial charge in [0.1, 0.15) is 5.82 Å². The van der Waals surface area contributed by atoms with E-state index in [1.807, 2.05) is 13.8 Å². The Morgan fingerprint density at radius 1 is 1.25 bits per heavy atom. The van der Waals surface area contributed by atoms with Crippen molar-refractivity contribution in [2.75, 3.05) is 11.9 Å². The number of hydrogen-bond donors (Lipinski definition) is 3. The first-order valence-electron chi connectivity index (χ1n) is 7.71. The molecule has 2 aromatic rings. The number of anilines is 1. The summed E-state index contributed by atoms with van der Waals surface area (Å²) in [6, 6.07) is 6.53. The number of carbonyl (C=O) groups excluding carboxylic acids is 2. The van der Waals surface area contributed by atoms with Gasteiger partial charge in [-0.05, 0) is 18.6 Å². The highest BCUT2D eigenvalue weighted by atomic mass is 19.1. The van der Waals surface area contributed by atoms with Crippen LogP contribution in [0, 0.1) is 12.7 Å². The van der Waals surface area contributed by atoms with E-state index in [0.29, 0.717) is 22.5 Å². The first-order chi connectivity index (χ1) is 11.2. The van der Waals surface area contributed by atoms with Crippen molar-refractivity contribution in [2.45, 2.75) is 33.1 Å². The van der Waals surface area contributed by atoms with Crippen LogP contribution in [0.1, 0.15) is 42.4 Å². The molecule has 2 amide bonds. The lowest BCUT2D eigenvalue weighted by atomic mass is 9.84. The van der Waals surface area contributed by atoms with Crippen molar-refractivity contribution in [3.05, 3.63) is 53.1 Å². The van der Waals surface area contributed by atoms with Crippen LogP contribution < -0.4 is 10.6 Å². The molecule has 24 heavy (non-hydrogen) atoms. The normalized spacial score (nSPS) is 11.2. The number of rotatable bonds is 5. The van der Waals surface area contributed by atoms with E-state index < -0.39 is 5.41 Å². The van der Waals surface area contributed by atoms with Crippen LogP contribution in [-0.2, 0) is 10.2 Å². The lowest BCUT2D eigenvalue weighted by Crippen LogP contribution is -2.37. The third kappa shape index (κ3) is 3.82. The van der Waals surface area contributed by atoms with Gasteiger partial charge in [0.25, 0.3) is 5.91 Å². The van der Waals surface area contributed by atoms with Crippen LogP contribution in [0.2, 0.25) is 0 Å². The smallest absolute Gasteiger partial charge is 0.255 e. The molecule has 0 bridgehead atoms. The quantitative estimate of drug-likeness (QED) is 0.787. The van der Waals surface area contributed by atoms with Gasteiger partial charge < -0.3 is 15.6 Å². The van der Waals surface area contributed by atoms with Crippen LogP contribution in [0.5, 0.6) is 0 Å². The van der Waals surface area contributed by atoms with Gasteiger partial charge in [0.15, 0.2) is 0 Å². The van der Waals surface area contributed by atoms with Crippen LogP contribution in [0.15, 0.2) is 30.5 Å². The van der Waals surface area contributed by atoms with Gasteiger partial charge >= 0.3 is 0 Å². The zero-order valence-electron chi connectivity index (χ0n) is 14.3. The Balaban J connectivity index is 2.15. The van der Waals surface area contributed by atoms with Crippen LogP contribution in [0.4, 0.5) is 10.1 Å². The Bertz CT molecular complexity index is 765. The largest absolute Gasteiger partial charge is 0.363 e. The highest BCUT2D eigenvalue weighted by Crippen LogP contribution is 2.25. The van der Waals surface area contributed by atoms with E-state index in [0.717, 1.165) is 0 Å². The molecule has 0 aliphatic heterocycles. The predicted octanol–water partition coefficient (Wildman–Crippen LogP) is 3.13. The fourth-order valence-corrected chi connectivity index (χ4v) is 2.60. The molecular weight excluding hydrogens is 309 g/mol. The molecule has 1 aromatic heterocycles. The van der Waals surface area contributed by atoms with Crippen molar-refractivity contribution in [3.63, 3.8) is 0 Å². The summed E-state index contributed by atoms with van der Waals surface area (Å²) in [5, 5.41) is 5.45. The molecule has 0 radical (unpaired) electrons. The van der Waals surface area contributed by atoms with Crippen molar-refractivity contribution in [1.29, 1.82) is 0 Å². The maximum Gasteiger partial charge on any atom is 0.255 e. The molecule has 0 saturated carbocycles.